The fourth-order valence-corrected chi connectivity index (χ4v) is 3.43. The third kappa shape index (κ3) is 4.49. The molecule has 1 unspecified atom stereocenters. The Hall–Kier alpha value is -0.990. The Morgan fingerprint density at radius 1 is 1.33 bits per heavy atom. The Bertz CT molecular complexity index is 556. The highest BCUT2D eigenvalue weighted by atomic mass is 32.2. The lowest BCUT2D eigenvalue weighted by molar-refractivity contribution is 0.0272. The largest absolute Gasteiger partial charge is 0.379 e. The molecule has 2 N–H and O–H groups in total. The maximum Gasteiger partial charge on any atom is 0.253 e. The summed E-state index contributed by atoms with van der Waals surface area (Å²) >= 11 is 0. The molecule has 0 aliphatic carbocycles. The zero-order valence-corrected chi connectivity index (χ0v) is 13.3. The van der Waals surface area contributed by atoms with E-state index in [9.17, 15) is 8.42 Å². The van der Waals surface area contributed by atoms with Gasteiger partial charge in [-0.15, -0.1) is 4.83 Å². The summed E-state index contributed by atoms with van der Waals surface area (Å²) < 4.78 is 30.1. The van der Waals surface area contributed by atoms with Crippen LogP contribution in [0.2, 0.25) is 0 Å². The van der Waals surface area contributed by atoms with Gasteiger partial charge in [-0.25, -0.2) is 13.4 Å². The van der Waals surface area contributed by atoms with Crippen molar-refractivity contribution in [1.82, 2.24) is 15.2 Å². The van der Waals surface area contributed by atoms with Crippen LogP contribution in [0, 0.1) is 0 Å². The first kappa shape index (κ1) is 16.4. The molecule has 0 radical (unpaired) electrons. The minimum Gasteiger partial charge on any atom is -0.379 e. The summed E-state index contributed by atoms with van der Waals surface area (Å²) in [6.45, 7) is 7.09. The average Bonchev–Trinajstić information content (AvgIpc) is 2.48. The molecule has 0 saturated carbocycles. The molecule has 21 heavy (non-hydrogen) atoms. The van der Waals surface area contributed by atoms with Crippen molar-refractivity contribution in [2.45, 2.75) is 24.8 Å². The second-order valence-corrected chi connectivity index (χ2v) is 6.71. The highest BCUT2D eigenvalue weighted by Gasteiger charge is 2.20. The fraction of sp³-hybridized carbons (Fsp3) is 0.571. The van der Waals surface area contributed by atoms with Crippen LogP contribution in [0.3, 0.4) is 0 Å². The standard InChI is InChI=1S/C14H23N3O3S/c1-3-15-12(2)13-5-4-6-14(11-13)21(18,19)16-17-7-9-20-10-8-17/h4-6,11-12,15-16H,3,7-10H2,1-2H3. The van der Waals surface area contributed by atoms with Crippen molar-refractivity contribution in [3.8, 4) is 0 Å². The van der Waals surface area contributed by atoms with Crippen LogP contribution in [0.5, 0.6) is 0 Å². The predicted octanol–water partition coefficient (Wildman–Crippen LogP) is 0.883. The van der Waals surface area contributed by atoms with E-state index in [1.54, 1.807) is 23.2 Å². The summed E-state index contributed by atoms with van der Waals surface area (Å²) in [5.41, 5.74) is 0.960. The lowest BCUT2D eigenvalue weighted by Crippen LogP contribution is -2.48. The molecule has 1 heterocycles. The summed E-state index contributed by atoms with van der Waals surface area (Å²) in [6, 6.07) is 7.16. The molecule has 1 fully saturated rings. The van der Waals surface area contributed by atoms with Gasteiger partial charge >= 0.3 is 0 Å². The molecule has 1 aromatic rings. The summed E-state index contributed by atoms with van der Waals surface area (Å²) in [5, 5.41) is 4.96. The number of nitrogens with one attached hydrogen (secondary N) is 2. The number of hydrogen-bond donors (Lipinski definition) is 2. The van der Waals surface area contributed by atoms with Crippen LogP contribution in [0.25, 0.3) is 0 Å². The van der Waals surface area contributed by atoms with E-state index < -0.39 is 10.0 Å². The molecule has 0 amide bonds. The van der Waals surface area contributed by atoms with Gasteiger partial charge in [0.05, 0.1) is 18.1 Å². The van der Waals surface area contributed by atoms with E-state index in [2.05, 4.69) is 10.1 Å². The number of sulfonamides is 1. The molecule has 0 bridgehead atoms. The Morgan fingerprint density at radius 3 is 2.71 bits per heavy atom. The second kappa shape index (κ2) is 7.33. The predicted molar refractivity (Wildman–Crippen MR) is 81.2 cm³/mol. The first-order valence-electron chi connectivity index (χ1n) is 7.21. The molecule has 7 heteroatoms. The van der Waals surface area contributed by atoms with E-state index >= 15 is 0 Å². The van der Waals surface area contributed by atoms with Crippen LogP contribution < -0.4 is 10.1 Å². The number of hydrogen-bond acceptors (Lipinski definition) is 5. The third-order valence-electron chi connectivity index (χ3n) is 3.44. The molecule has 118 valence electrons. The molecular weight excluding hydrogens is 290 g/mol. The van der Waals surface area contributed by atoms with Crippen LogP contribution in [-0.2, 0) is 14.8 Å². The molecule has 1 saturated heterocycles. The van der Waals surface area contributed by atoms with Gasteiger partial charge in [0, 0.05) is 19.1 Å². The Balaban J connectivity index is 2.13. The Morgan fingerprint density at radius 2 is 2.05 bits per heavy atom. The van der Waals surface area contributed by atoms with Crippen molar-refractivity contribution in [3.05, 3.63) is 29.8 Å². The van der Waals surface area contributed by atoms with Gasteiger partial charge in [-0.1, -0.05) is 19.1 Å². The number of hydrazine groups is 1. The third-order valence-corrected chi connectivity index (χ3v) is 4.81. The summed E-state index contributed by atoms with van der Waals surface area (Å²) in [4.78, 5) is 2.90. The van der Waals surface area contributed by atoms with Gasteiger partial charge < -0.3 is 10.1 Å². The number of ether oxygens (including phenoxy) is 1. The van der Waals surface area contributed by atoms with Gasteiger partial charge in [-0.05, 0) is 31.2 Å². The smallest absolute Gasteiger partial charge is 0.253 e. The number of rotatable bonds is 6. The zero-order valence-electron chi connectivity index (χ0n) is 12.5. The number of morpholine rings is 1. The van der Waals surface area contributed by atoms with Crippen molar-refractivity contribution in [2.75, 3.05) is 32.8 Å². The van der Waals surface area contributed by atoms with E-state index in [0.717, 1.165) is 12.1 Å². The zero-order chi connectivity index (χ0) is 15.3. The minimum atomic E-state index is -3.54. The topological polar surface area (TPSA) is 70.7 Å². The molecule has 0 aromatic heterocycles. The van der Waals surface area contributed by atoms with Crippen LogP contribution >= 0.6 is 0 Å². The van der Waals surface area contributed by atoms with Gasteiger partial charge in [0.15, 0.2) is 0 Å². The minimum absolute atomic E-state index is 0.119. The van der Waals surface area contributed by atoms with E-state index in [1.807, 2.05) is 19.9 Å². The molecule has 2 rings (SSSR count). The van der Waals surface area contributed by atoms with Gasteiger partial charge in [-0.3, -0.25) is 0 Å². The molecule has 1 atom stereocenters. The Labute approximate surface area is 126 Å². The van der Waals surface area contributed by atoms with Crippen molar-refractivity contribution < 1.29 is 13.2 Å². The monoisotopic (exact) mass is 313 g/mol. The first-order valence-corrected chi connectivity index (χ1v) is 8.69. The SMILES string of the molecule is CCNC(C)c1cccc(S(=O)(=O)NN2CCOCC2)c1. The van der Waals surface area contributed by atoms with Crippen molar-refractivity contribution in [3.63, 3.8) is 0 Å². The molecular formula is C14H23N3O3S. The summed E-state index contributed by atoms with van der Waals surface area (Å²) in [7, 11) is -3.54. The average molecular weight is 313 g/mol. The van der Waals surface area contributed by atoms with E-state index in [0.29, 0.717) is 26.3 Å². The fourth-order valence-electron chi connectivity index (χ4n) is 2.25. The van der Waals surface area contributed by atoms with E-state index in [-0.39, 0.29) is 10.9 Å². The van der Waals surface area contributed by atoms with Crippen molar-refractivity contribution in [1.29, 1.82) is 0 Å². The summed E-state index contributed by atoms with van der Waals surface area (Å²) in [5.74, 6) is 0. The molecule has 1 aromatic carbocycles. The van der Waals surface area contributed by atoms with E-state index in [1.165, 1.54) is 0 Å². The van der Waals surface area contributed by atoms with Gasteiger partial charge in [0.1, 0.15) is 0 Å². The highest BCUT2D eigenvalue weighted by Crippen LogP contribution is 2.17. The maximum atomic E-state index is 12.4. The van der Waals surface area contributed by atoms with Crippen LogP contribution in [0.4, 0.5) is 0 Å². The highest BCUT2D eigenvalue weighted by molar-refractivity contribution is 7.89. The van der Waals surface area contributed by atoms with Crippen molar-refractivity contribution >= 4 is 10.0 Å². The molecule has 1 aliphatic heterocycles. The molecule has 0 spiro atoms. The van der Waals surface area contributed by atoms with Gasteiger partial charge in [0.2, 0.25) is 0 Å². The maximum absolute atomic E-state index is 12.4. The van der Waals surface area contributed by atoms with Gasteiger partial charge in [-0.2, -0.15) is 0 Å². The Kier molecular flexibility index (Phi) is 5.72. The lowest BCUT2D eigenvalue weighted by atomic mass is 10.1. The lowest BCUT2D eigenvalue weighted by Gasteiger charge is -2.26. The van der Waals surface area contributed by atoms with Crippen molar-refractivity contribution in [2.24, 2.45) is 0 Å². The van der Waals surface area contributed by atoms with Crippen LogP contribution in [-0.4, -0.2) is 46.3 Å². The quantitative estimate of drug-likeness (QED) is 0.816. The number of nitrogens with zero attached hydrogens (tertiary/aromatic N) is 1. The second-order valence-electron chi connectivity index (χ2n) is 5.05. The van der Waals surface area contributed by atoms with Crippen LogP contribution in [0.1, 0.15) is 25.5 Å². The van der Waals surface area contributed by atoms with Gasteiger partial charge in [0.25, 0.3) is 10.0 Å². The first-order chi connectivity index (χ1) is 10.0. The summed E-state index contributed by atoms with van der Waals surface area (Å²) in [6.07, 6.45) is 0. The molecule has 6 nitrogen and oxygen atoms in total. The normalized spacial score (nSPS) is 18.6. The van der Waals surface area contributed by atoms with Crippen LogP contribution in [0.15, 0.2) is 29.2 Å². The number of benzene rings is 1. The van der Waals surface area contributed by atoms with E-state index in [4.69, 9.17) is 4.74 Å². The molecule has 1 aliphatic rings.